The van der Waals surface area contributed by atoms with Crippen molar-refractivity contribution in [1.29, 1.82) is 0 Å². The first-order valence-corrected chi connectivity index (χ1v) is 6.89. The minimum Gasteiger partial charge on any atom is -0.508 e. The smallest absolute Gasteiger partial charge is 0.259 e. The van der Waals surface area contributed by atoms with Crippen LogP contribution in [0.3, 0.4) is 0 Å². The second-order valence-corrected chi connectivity index (χ2v) is 5.00. The number of hydrogen-bond donors (Lipinski definition) is 1. The number of nitrogens with zero attached hydrogens (tertiary/aromatic N) is 1. The standard InChI is InChI=1S/C16H15ClFNO2/c1-3-19(14-9-11(20)8-7-10(14)2)16(21)12-5-4-6-13(18)15(12)17/h4-9,20H,3H2,1-2H3. The summed E-state index contributed by atoms with van der Waals surface area (Å²) >= 11 is 5.88. The fraction of sp³-hybridized carbons (Fsp3) is 0.188. The van der Waals surface area contributed by atoms with Crippen molar-refractivity contribution in [3.8, 4) is 5.75 Å². The number of aromatic hydroxyl groups is 1. The van der Waals surface area contributed by atoms with Gasteiger partial charge < -0.3 is 10.0 Å². The molecule has 5 heteroatoms. The van der Waals surface area contributed by atoms with Gasteiger partial charge in [-0.1, -0.05) is 23.7 Å². The predicted octanol–water partition coefficient (Wildman–Crippen LogP) is 4.16. The number of carbonyl (C=O) groups excluding carboxylic acids is 1. The largest absolute Gasteiger partial charge is 0.508 e. The van der Waals surface area contributed by atoms with Crippen LogP contribution in [0.1, 0.15) is 22.8 Å². The molecule has 0 aliphatic rings. The normalized spacial score (nSPS) is 10.5. The molecule has 0 heterocycles. The van der Waals surface area contributed by atoms with Gasteiger partial charge in [0.2, 0.25) is 0 Å². The first kappa shape index (κ1) is 15.3. The maximum atomic E-state index is 13.5. The molecule has 0 saturated heterocycles. The summed E-state index contributed by atoms with van der Waals surface area (Å²) < 4.78 is 13.5. The fourth-order valence-corrected chi connectivity index (χ4v) is 2.33. The first-order valence-electron chi connectivity index (χ1n) is 6.51. The van der Waals surface area contributed by atoms with Crippen molar-refractivity contribution in [2.24, 2.45) is 0 Å². The topological polar surface area (TPSA) is 40.5 Å². The van der Waals surface area contributed by atoms with Crippen LogP contribution in [0.15, 0.2) is 36.4 Å². The van der Waals surface area contributed by atoms with Gasteiger partial charge in [-0.2, -0.15) is 0 Å². The minimum absolute atomic E-state index is 0.0622. The van der Waals surface area contributed by atoms with Gasteiger partial charge in [0.1, 0.15) is 11.6 Å². The molecule has 2 aromatic rings. The molecule has 0 aliphatic carbocycles. The van der Waals surface area contributed by atoms with E-state index in [-0.39, 0.29) is 16.3 Å². The number of aryl methyl sites for hydroxylation is 1. The van der Waals surface area contributed by atoms with E-state index in [4.69, 9.17) is 11.6 Å². The molecule has 0 saturated carbocycles. The molecular weight excluding hydrogens is 293 g/mol. The summed E-state index contributed by atoms with van der Waals surface area (Å²) in [6.45, 7) is 4.00. The number of phenolic OH excluding ortho intramolecular Hbond substituents is 1. The Morgan fingerprint density at radius 2 is 2.05 bits per heavy atom. The zero-order valence-corrected chi connectivity index (χ0v) is 12.5. The van der Waals surface area contributed by atoms with E-state index in [1.165, 1.54) is 29.2 Å². The van der Waals surface area contributed by atoms with E-state index in [0.29, 0.717) is 12.2 Å². The number of benzene rings is 2. The number of rotatable bonds is 3. The van der Waals surface area contributed by atoms with Gasteiger partial charge in [0.15, 0.2) is 0 Å². The van der Waals surface area contributed by atoms with Gasteiger partial charge in [-0.3, -0.25) is 4.79 Å². The SMILES string of the molecule is CCN(C(=O)c1cccc(F)c1Cl)c1cc(O)ccc1C. The maximum Gasteiger partial charge on any atom is 0.259 e. The molecular formula is C16H15ClFNO2. The Morgan fingerprint density at radius 1 is 1.33 bits per heavy atom. The Balaban J connectivity index is 2.48. The lowest BCUT2D eigenvalue weighted by Gasteiger charge is -2.23. The molecule has 110 valence electrons. The Hall–Kier alpha value is -2.07. The van der Waals surface area contributed by atoms with E-state index >= 15 is 0 Å². The number of amides is 1. The number of hydrogen-bond acceptors (Lipinski definition) is 2. The molecule has 0 bridgehead atoms. The third kappa shape index (κ3) is 3.00. The summed E-state index contributed by atoms with van der Waals surface area (Å²) in [6.07, 6.45) is 0. The molecule has 3 nitrogen and oxygen atoms in total. The fourth-order valence-electron chi connectivity index (χ4n) is 2.13. The number of phenols is 1. The van der Waals surface area contributed by atoms with Crippen molar-refractivity contribution in [1.82, 2.24) is 0 Å². The number of halogens is 2. The zero-order chi connectivity index (χ0) is 15.6. The van der Waals surface area contributed by atoms with Crippen LogP contribution >= 0.6 is 11.6 Å². The Kier molecular flexibility index (Phi) is 4.48. The number of carbonyl (C=O) groups is 1. The van der Waals surface area contributed by atoms with E-state index < -0.39 is 11.7 Å². The van der Waals surface area contributed by atoms with E-state index in [1.807, 2.05) is 6.92 Å². The lowest BCUT2D eigenvalue weighted by Crippen LogP contribution is -2.31. The van der Waals surface area contributed by atoms with Gasteiger partial charge in [-0.15, -0.1) is 0 Å². The summed E-state index contributed by atoms with van der Waals surface area (Å²) in [6, 6.07) is 8.89. The highest BCUT2D eigenvalue weighted by Crippen LogP contribution is 2.28. The van der Waals surface area contributed by atoms with Gasteiger partial charge in [0.05, 0.1) is 16.3 Å². The lowest BCUT2D eigenvalue weighted by molar-refractivity contribution is 0.0988. The highest BCUT2D eigenvalue weighted by Gasteiger charge is 2.21. The van der Waals surface area contributed by atoms with Crippen LogP contribution < -0.4 is 4.90 Å². The van der Waals surface area contributed by atoms with Crippen molar-refractivity contribution >= 4 is 23.2 Å². The van der Waals surface area contributed by atoms with Gasteiger partial charge in [-0.05, 0) is 37.6 Å². The number of anilines is 1. The molecule has 0 spiro atoms. The molecule has 2 rings (SSSR count). The van der Waals surface area contributed by atoms with Crippen molar-refractivity contribution < 1.29 is 14.3 Å². The van der Waals surface area contributed by atoms with Crippen LogP contribution in [0.5, 0.6) is 5.75 Å². The van der Waals surface area contributed by atoms with Crippen LogP contribution in [0.2, 0.25) is 5.02 Å². The Labute approximate surface area is 127 Å². The summed E-state index contributed by atoms with van der Waals surface area (Å²) in [4.78, 5) is 14.1. The molecule has 0 radical (unpaired) electrons. The van der Waals surface area contributed by atoms with Crippen LogP contribution in [0, 0.1) is 12.7 Å². The van der Waals surface area contributed by atoms with Gasteiger partial charge in [0.25, 0.3) is 5.91 Å². The van der Waals surface area contributed by atoms with Gasteiger partial charge in [-0.25, -0.2) is 4.39 Å². The van der Waals surface area contributed by atoms with E-state index in [9.17, 15) is 14.3 Å². The monoisotopic (exact) mass is 307 g/mol. The summed E-state index contributed by atoms with van der Waals surface area (Å²) in [7, 11) is 0. The first-order chi connectivity index (χ1) is 9.95. The van der Waals surface area contributed by atoms with Crippen molar-refractivity contribution in [3.05, 3.63) is 58.4 Å². The molecule has 0 aromatic heterocycles. The molecule has 21 heavy (non-hydrogen) atoms. The van der Waals surface area contributed by atoms with Crippen molar-refractivity contribution in [2.45, 2.75) is 13.8 Å². The lowest BCUT2D eigenvalue weighted by atomic mass is 10.1. The zero-order valence-electron chi connectivity index (χ0n) is 11.7. The van der Waals surface area contributed by atoms with Gasteiger partial charge in [0, 0.05) is 12.6 Å². The van der Waals surface area contributed by atoms with E-state index in [2.05, 4.69) is 0 Å². The molecule has 0 fully saturated rings. The highest BCUT2D eigenvalue weighted by molar-refractivity contribution is 6.34. The molecule has 0 aliphatic heterocycles. The van der Waals surface area contributed by atoms with E-state index in [0.717, 1.165) is 5.56 Å². The van der Waals surface area contributed by atoms with Crippen LogP contribution in [0.4, 0.5) is 10.1 Å². The molecule has 0 unspecified atom stereocenters. The summed E-state index contributed by atoms with van der Waals surface area (Å²) in [5, 5.41) is 9.41. The summed E-state index contributed by atoms with van der Waals surface area (Å²) in [5.74, 6) is -0.978. The summed E-state index contributed by atoms with van der Waals surface area (Å²) in [5.41, 5.74) is 1.50. The molecule has 0 atom stereocenters. The van der Waals surface area contributed by atoms with Crippen molar-refractivity contribution in [3.63, 3.8) is 0 Å². The Bertz CT molecular complexity index is 688. The Morgan fingerprint density at radius 3 is 2.71 bits per heavy atom. The molecule has 1 N–H and O–H groups in total. The van der Waals surface area contributed by atoms with Crippen LogP contribution in [0.25, 0.3) is 0 Å². The minimum atomic E-state index is -0.633. The van der Waals surface area contributed by atoms with Gasteiger partial charge >= 0.3 is 0 Å². The molecule has 2 aromatic carbocycles. The average Bonchev–Trinajstić information content (AvgIpc) is 2.46. The third-order valence-electron chi connectivity index (χ3n) is 3.23. The second kappa shape index (κ2) is 6.14. The van der Waals surface area contributed by atoms with E-state index in [1.54, 1.807) is 19.1 Å². The van der Waals surface area contributed by atoms with Crippen LogP contribution in [-0.2, 0) is 0 Å². The quantitative estimate of drug-likeness (QED) is 0.925. The highest BCUT2D eigenvalue weighted by atomic mass is 35.5. The maximum absolute atomic E-state index is 13.5. The van der Waals surface area contributed by atoms with Crippen LogP contribution in [-0.4, -0.2) is 17.6 Å². The van der Waals surface area contributed by atoms with Crippen molar-refractivity contribution in [2.75, 3.05) is 11.4 Å². The average molecular weight is 308 g/mol. The molecule has 1 amide bonds. The third-order valence-corrected chi connectivity index (χ3v) is 3.61. The second-order valence-electron chi connectivity index (χ2n) is 4.62. The predicted molar refractivity (Wildman–Crippen MR) is 81.6 cm³/mol.